The number of benzene rings is 1. The Hall–Kier alpha value is -2.26. The topological polar surface area (TPSA) is 74.3 Å². The van der Waals surface area contributed by atoms with Crippen LogP contribution >= 0.6 is 0 Å². The average molecular weight is 425 g/mol. The molecule has 0 saturated carbocycles. The van der Waals surface area contributed by atoms with Gasteiger partial charge in [-0.25, -0.2) is 22.2 Å². The van der Waals surface area contributed by atoms with Gasteiger partial charge < -0.3 is 10.2 Å². The number of aromatic nitrogens is 1. The molecule has 2 atom stereocenters. The second kappa shape index (κ2) is 8.62. The summed E-state index contributed by atoms with van der Waals surface area (Å²) in [6.07, 6.45) is -2.50. The van der Waals surface area contributed by atoms with Gasteiger partial charge in [0.2, 0.25) is 6.43 Å². The van der Waals surface area contributed by atoms with Gasteiger partial charge in [-0.15, -0.1) is 0 Å². The van der Waals surface area contributed by atoms with E-state index in [2.05, 4.69) is 26.8 Å². The molecular formula is C20H26F2N4O2S. The minimum atomic E-state index is -3.85. The second-order valence-corrected chi connectivity index (χ2v) is 9.08. The number of hydrogen-bond acceptors (Lipinski definition) is 5. The zero-order valence-electron chi connectivity index (χ0n) is 16.7. The Labute approximate surface area is 170 Å². The average Bonchev–Trinajstić information content (AvgIpc) is 2.69. The van der Waals surface area contributed by atoms with Crippen LogP contribution in [0.1, 0.15) is 31.0 Å². The summed E-state index contributed by atoms with van der Waals surface area (Å²) in [5, 5.41) is 3.37. The number of pyridine rings is 1. The molecular weight excluding hydrogens is 398 g/mol. The quantitative estimate of drug-likeness (QED) is 0.744. The van der Waals surface area contributed by atoms with Gasteiger partial charge >= 0.3 is 0 Å². The normalized spacial score (nSPS) is 18.7. The molecule has 0 bridgehead atoms. The van der Waals surface area contributed by atoms with Crippen molar-refractivity contribution >= 4 is 21.5 Å². The van der Waals surface area contributed by atoms with Crippen molar-refractivity contribution in [2.24, 2.45) is 0 Å². The van der Waals surface area contributed by atoms with Crippen LogP contribution in [-0.2, 0) is 10.0 Å². The third-order valence-corrected chi connectivity index (χ3v) is 6.48. The van der Waals surface area contributed by atoms with Crippen LogP contribution in [0, 0.1) is 6.92 Å². The predicted octanol–water partition coefficient (Wildman–Crippen LogP) is 3.36. The highest BCUT2D eigenvalue weighted by Gasteiger charge is 2.21. The van der Waals surface area contributed by atoms with Gasteiger partial charge in [0.05, 0.1) is 16.3 Å². The van der Waals surface area contributed by atoms with Crippen LogP contribution in [0.25, 0.3) is 0 Å². The molecule has 3 rings (SSSR count). The lowest BCUT2D eigenvalue weighted by Gasteiger charge is -2.33. The van der Waals surface area contributed by atoms with Crippen LogP contribution in [-0.4, -0.2) is 45.5 Å². The van der Waals surface area contributed by atoms with Crippen LogP contribution in [0.4, 0.5) is 20.3 Å². The molecule has 158 valence electrons. The van der Waals surface area contributed by atoms with Gasteiger partial charge in [-0.05, 0) is 43.7 Å². The lowest BCUT2D eigenvalue weighted by molar-refractivity contribution is 0.121. The summed E-state index contributed by atoms with van der Waals surface area (Å²) in [7, 11) is -3.85. The number of aryl methyl sites for hydroxylation is 1. The van der Waals surface area contributed by atoms with Gasteiger partial charge in [0, 0.05) is 31.6 Å². The Bertz CT molecular complexity index is 951. The lowest BCUT2D eigenvalue weighted by atomic mass is 10.0. The van der Waals surface area contributed by atoms with E-state index in [1.807, 2.05) is 0 Å². The third kappa shape index (κ3) is 5.02. The number of piperazine rings is 1. The fourth-order valence-corrected chi connectivity index (χ4v) is 4.39. The number of hydrogen-bond donors (Lipinski definition) is 2. The molecule has 2 heterocycles. The van der Waals surface area contributed by atoms with E-state index in [-0.39, 0.29) is 4.90 Å². The Morgan fingerprint density at radius 1 is 1.21 bits per heavy atom. The maximum absolute atomic E-state index is 12.8. The van der Waals surface area contributed by atoms with Crippen molar-refractivity contribution in [3.8, 4) is 0 Å². The summed E-state index contributed by atoms with van der Waals surface area (Å²) >= 11 is 0. The molecule has 6 nitrogen and oxygen atoms in total. The molecule has 1 aromatic carbocycles. The fraction of sp³-hybridized carbons (Fsp3) is 0.450. The molecule has 0 radical (unpaired) electrons. The van der Waals surface area contributed by atoms with Crippen molar-refractivity contribution in [2.75, 3.05) is 29.3 Å². The highest BCUT2D eigenvalue weighted by molar-refractivity contribution is 7.92. The molecule has 1 fully saturated rings. The van der Waals surface area contributed by atoms with E-state index in [9.17, 15) is 17.2 Å². The van der Waals surface area contributed by atoms with E-state index < -0.39 is 22.4 Å². The zero-order valence-corrected chi connectivity index (χ0v) is 17.5. The van der Waals surface area contributed by atoms with Gasteiger partial charge in [-0.2, -0.15) is 0 Å². The Balaban J connectivity index is 1.76. The zero-order chi connectivity index (χ0) is 21.2. The van der Waals surface area contributed by atoms with Gasteiger partial charge in [-0.1, -0.05) is 19.1 Å². The van der Waals surface area contributed by atoms with E-state index in [1.165, 1.54) is 31.2 Å². The SMILES string of the molecule is Cc1nc(N2CCNC(C)C2)ccc1NS(=O)(=O)c1ccc([C@H](C)C(F)F)cc1. The van der Waals surface area contributed by atoms with E-state index >= 15 is 0 Å². The number of alkyl halides is 2. The molecule has 1 aromatic heterocycles. The van der Waals surface area contributed by atoms with Crippen LogP contribution in [0.2, 0.25) is 0 Å². The summed E-state index contributed by atoms with van der Waals surface area (Å²) in [6, 6.07) is 9.40. The molecule has 0 aliphatic carbocycles. The first-order valence-electron chi connectivity index (χ1n) is 9.54. The maximum atomic E-state index is 12.8. The summed E-state index contributed by atoms with van der Waals surface area (Å²) in [5.74, 6) is -0.143. The monoisotopic (exact) mass is 424 g/mol. The number of halogens is 2. The van der Waals surface area contributed by atoms with E-state index in [0.717, 1.165) is 25.5 Å². The minimum absolute atomic E-state index is 0.0159. The van der Waals surface area contributed by atoms with Crippen LogP contribution < -0.4 is 14.9 Å². The summed E-state index contributed by atoms with van der Waals surface area (Å²) in [6.45, 7) is 7.81. The molecule has 1 aliphatic rings. The Morgan fingerprint density at radius 2 is 1.90 bits per heavy atom. The lowest BCUT2D eigenvalue weighted by Crippen LogP contribution is -2.49. The second-order valence-electron chi connectivity index (χ2n) is 7.40. The molecule has 2 aromatic rings. The van der Waals surface area contributed by atoms with Gasteiger partial charge in [0.15, 0.2) is 0 Å². The van der Waals surface area contributed by atoms with E-state index in [1.54, 1.807) is 19.1 Å². The number of nitrogens with zero attached hydrogens (tertiary/aromatic N) is 2. The fourth-order valence-electron chi connectivity index (χ4n) is 3.27. The molecule has 29 heavy (non-hydrogen) atoms. The Kier molecular flexibility index (Phi) is 6.38. The summed E-state index contributed by atoms with van der Waals surface area (Å²) in [4.78, 5) is 6.73. The summed E-state index contributed by atoms with van der Waals surface area (Å²) in [5.41, 5.74) is 1.36. The van der Waals surface area contributed by atoms with Gasteiger partial charge in [0.25, 0.3) is 10.0 Å². The minimum Gasteiger partial charge on any atom is -0.354 e. The van der Waals surface area contributed by atoms with Gasteiger partial charge in [-0.3, -0.25) is 4.72 Å². The number of rotatable bonds is 6. The first kappa shape index (κ1) is 21.4. The van der Waals surface area contributed by atoms with Crippen LogP contribution in [0.5, 0.6) is 0 Å². The van der Waals surface area contributed by atoms with E-state index in [4.69, 9.17) is 0 Å². The highest BCUT2D eigenvalue weighted by Crippen LogP contribution is 2.26. The molecule has 1 saturated heterocycles. The number of nitrogens with one attached hydrogen (secondary N) is 2. The molecule has 9 heteroatoms. The third-order valence-electron chi connectivity index (χ3n) is 5.10. The standard InChI is InChI=1S/C20H26F2N4O2S/c1-13-12-26(11-10-23-13)19-9-8-18(15(3)24-19)25-29(27,28)17-6-4-16(5-7-17)14(2)20(21)22/h4-9,13-14,20,23,25H,10-12H2,1-3H3/t13?,14-/m0/s1. The molecule has 0 spiro atoms. The molecule has 0 amide bonds. The molecule has 2 N–H and O–H groups in total. The van der Waals surface area contributed by atoms with Crippen molar-refractivity contribution in [3.63, 3.8) is 0 Å². The smallest absolute Gasteiger partial charge is 0.261 e. The predicted molar refractivity (Wildman–Crippen MR) is 110 cm³/mol. The number of sulfonamides is 1. The highest BCUT2D eigenvalue weighted by atomic mass is 32.2. The van der Waals surface area contributed by atoms with Crippen molar-refractivity contribution in [1.29, 1.82) is 0 Å². The van der Waals surface area contributed by atoms with Crippen LogP contribution in [0.3, 0.4) is 0 Å². The Morgan fingerprint density at radius 3 is 2.48 bits per heavy atom. The van der Waals surface area contributed by atoms with Crippen molar-refractivity contribution in [2.45, 2.75) is 44.1 Å². The van der Waals surface area contributed by atoms with Crippen molar-refractivity contribution in [3.05, 3.63) is 47.7 Å². The molecule has 1 aliphatic heterocycles. The molecule has 1 unspecified atom stereocenters. The van der Waals surface area contributed by atoms with Gasteiger partial charge in [0.1, 0.15) is 5.82 Å². The van der Waals surface area contributed by atoms with Crippen molar-refractivity contribution < 1.29 is 17.2 Å². The first-order chi connectivity index (χ1) is 13.7. The maximum Gasteiger partial charge on any atom is 0.261 e. The van der Waals surface area contributed by atoms with Crippen LogP contribution in [0.15, 0.2) is 41.3 Å². The number of anilines is 2. The largest absolute Gasteiger partial charge is 0.354 e. The van der Waals surface area contributed by atoms with E-state index in [0.29, 0.717) is 23.0 Å². The van der Waals surface area contributed by atoms with Crippen molar-refractivity contribution in [1.82, 2.24) is 10.3 Å². The first-order valence-corrected chi connectivity index (χ1v) is 11.0. The summed E-state index contributed by atoms with van der Waals surface area (Å²) < 4.78 is 53.6.